The molecule has 0 saturated heterocycles. The van der Waals surface area contributed by atoms with Crippen molar-refractivity contribution in [1.82, 2.24) is 10.3 Å². The van der Waals surface area contributed by atoms with Gasteiger partial charge < -0.3 is 10.1 Å². The second-order valence-electron chi connectivity index (χ2n) is 4.73. The zero-order valence-electron chi connectivity index (χ0n) is 11.9. The third-order valence-corrected chi connectivity index (χ3v) is 3.37. The predicted octanol–water partition coefficient (Wildman–Crippen LogP) is 4.06. The van der Waals surface area contributed by atoms with Crippen LogP contribution in [0.25, 0.3) is 0 Å². The number of rotatable bonds is 7. The Labute approximate surface area is 132 Å². The molecule has 0 atom stereocenters. The Morgan fingerprint density at radius 1 is 1.29 bits per heavy atom. The SMILES string of the molecule is CCCNCc1ccc(F)c(COc2cncc(Br)c2)c1. The van der Waals surface area contributed by atoms with Gasteiger partial charge in [0, 0.05) is 22.8 Å². The van der Waals surface area contributed by atoms with Gasteiger partial charge in [-0.3, -0.25) is 4.98 Å². The van der Waals surface area contributed by atoms with Crippen LogP contribution in [-0.4, -0.2) is 11.5 Å². The van der Waals surface area contributed by atoms with Crippen LogP contribution in [0.5, 0.6) is 5.75 Å². The van der Waals surface area contributed by atoms with Crippen LogP contribution in [-0.2, 0) is 13.2 Å². The molecule has 1 aromatic heterocycles. The molecule has 1 N–H and O–H groups in total. The number of nitrogens with one attached hydrogen (secondary N) is 1. The standard InChI is InChI=1S/C16H18BrFN2O/c1-2-5-19-8-12-3-4-16(18)13(6-12)11-21-15-7-14(17)9-20-10-15/h3-4,6-7,9-10,19H,2,5,8,11H2,1H3. The summed E-state index contributed by atoms with van der Waals surface area (Å²) in [5, 5.41) is 3.30. The molecule has 0 amide bonds. The predicted molar refractivity (Wildman–Crippen MR) is 84.7 cm³/mol. The second-order valence-corrected chi connectivity index (χ2v) is 5.65. The van der Waals surface area contributed by atoms with E-state index >= 15 is 0 Å². The summed E-state index contributed by atoms with van der Waals surface area (Å²) < 4.78 is 20.2. The van der Waals surface area contributed by atoms with E-state index in [4.69, 9.17) is 4.74 Å². The summed E-state index contributed by atoms with van der Waals surface area (Å²) in [6, 6.07) is 6.92. The van der Waals surface area contributed by atoms with Crippen LogP contribution < -0.4 is 10.1 Å². The molecule has 0 aliphatic heterocycles. The number of nitrogens with zero attached hydrogens (tertiary/aromatic N) is 1. The van der Waals surface area contributed by atoms with Gasteiger partial charge in [-0.1, -0.05) is 13.0 Å². The van der Waals surface area contributed by atoms with E-state index in [-0.39, 0.29) is 12.4 Å². The molecule has 5 heteroatoms. The Kier molecular flexibility index (Phi) is 6.14. The molecule has 0 saturated carbocycles. The maximum absolute atomic E-state index is 13.8. The molecule has 0 radical (unpaired) electrons. The maximum atomic E-state index is 13.8. The molecular weight excluding hydrogens is 335 g/mol. The molecule has 0 fully saturated rings. The van der Waals surface area contributed by atoms with Crippen LogP contribution in [0.3, 0.4) is 0 Å². The highest BCUT2D eigenvalue weighted by molar-refractivity contribution is 9.10. The van der Waals surface area contributed by atoms with Gasteiger partial charge in [0.05, 0.1) is 6.20 Å². The topological polar surface area (TPSA) is 34.1 Å². The van der Waals surface area contributed by atoms with Crippen molar-refractivity contribution in [2.24, 2.45) is 0 Å². The van der Waals surface area contributed by atoms with Gasteiger partial charge in [-0.2, -0.15) is 0 Å². The highest BCUT2D eigenvalue weighted by atomic mass is 79.9. The zero-order chi connectivity index (χ0) is 15.1. The molecule has 0 aliphatic carbocycles. The van der Waals surface area contributed by atoms with E-state index in [0.717, 1.165) is 29.5 Å². The maximum Gasteiger partial charge on any atom is 0.139 e. The van der Waals surface area contributed by atoms with Gasteiger partial charge in [-0.25, -0.2) is 4.39 Å². The lowest BCUT2D eigenvalue weighted by molar-refractivity contribution is 0.298. The van der Waals surface area contributed by atoms with Crippen molar-refractivity contribution in [2.75, 3.05) is 6.54 Å². The first-order valence-corrected chi connectivity index (χ1v) is 7.69. The number of hydrogen-bond acceptors (Lipinski definition) is 3. The fraction of sp³-hybridized carbons (Fsp3) is 0.312. The molecule has 2 aromatic rings. The van der Waals surface area contributed by atoms with Gasteiger partial charge in [-0.05, 0) is 52.7 Å². The van der Waals surface area contributed by atoms with E-state index < -0.39 is 0 Å². The second kappa shape index (κ2) is 8.10. The highest BCUT2D eigenvalue weighted by Gasteiger charge is 2.05. The summed E-state index contributed by atoms with van der Waals surface area (Å²) in [6.45, 7) is 3.99. The molecule has 0 spiro atoms. The number of halogens is 2. The highest BCUT2D eigenvalue weighted by Crippen LogP contribution is 2.18. The molecular formula is C16H18BrFN2O. The largest absolute Gasteiger partial charge is 0.487 e. The van der Waals surface area contributed by atoms with Gasteiger partial charge in [0.2, 0.25) is 0 Å². The van der Waals surface area contributed by atoms with E-state index in [1.54, 1.807) is 24.5 Å². The lowest BCUT2D eigenvalue weighted by atomic mass is 10.1. The van der Waals surface area contributed by atoms with Gasteiger partial charge in [0.1, 0.15) is 18.2 Å². The van der Waals surface area contributed by atoms with E-state index in [0.29, 0.717) is 11.3 Å². The van der Waals surface area contributed by atoms with Gasteiger partial charge in [0.15, 0.2) is 0 Å². The lowest BCUT2D eigenvalue weighted by Crippen LogP contribution is -2.14. The molecule has 112 valence electrons. The van der Waals surface area contributed by atoms with Crippen molar-refractivity contribution in [3.05, 3.63) is 58.1 Å². The van der Waals surface area contributed by atoms with Crippen LogP contribution >= 0.6 is 15.9 Å². The van der Waals surface area contributed by atoms with Gasteiger partial charge in [-0.15, -0.1) is 0 Å². The first-order valence-electron chi connectivity index (χ1n) is 6.90. The average molecular weight is 353 g/mol. The Hall–Kier alpha value is -1.46. The summed E-state index contributed by atoms with van der Waals surface area (Å²) in [5.74, 6) is 0.357. The minimum absolute atomic E-state index is 0.186. The summed E-state index contributed by atoms with van der Waals surface area (Å²) >= 11 is 3.32. The Morgan fingerprint density at radius 3 is 2.90 bits per heavy atom. The molecule has 21 heavy (non-hydrogen) atoms. The molecule has 1 heterocycles. The van der Waals surface area contributed by atoms with Crippen molar-refractivity contribution < 1.29 is 9.13 Å². The van der Waals surface area contributed by atoms with E-state index in [1.807, 2.05) is 6.07 Å². The fourth-order valence-electron chi connectivity index (χ4n) is 1.89. The normalized spacial score (nSPS) is 10.6. The van der Waals surface area contributed by atoms with Crippen LogP contribution in [0, 0.1) is 5.82 Å². The number of pyridine rings is 1. The quantitative estimate of drug-likeness (QED) is 0.763. The van der Waals surface area contributed by atoms with Crippen molar-refractivity contribution in [2.45, 2.75) is 26.5 Å². The van der Waals surface area contributed by atoms with Crippen LogP contribution in [0.4, 0.5) is 4.39 Å². The Balaban J connectivity index is 2.00. The summed E-state index contributed by atoms with van der Waals surface area (Å²) in [6.07, 6.45) is 4.36. The first-order chi connectivity index (χ1) is 10.2. The summed E-state index contributed by atoms with van der Waals surface area (Å²) in [5.41, 5.74) is 1.60. The number of benzene rings is 1. The van der Waals surface area contributed by atoms with Gasteiger partial charge >= 0.3 is 0 Å². The zero-order valence-corrected chi connectivity index (χ0v) is 13.5. The molecule has 0 bridgehead atoms. The molecule has 1 aromatic carbocycles. The van der Waals surface area contributed by atoms with Crippen LogP contribution in [0.2, 0.25) is 0 Å². The van der Waals surface area contributed by atoms with E-state index in [2.05, 4.69) is 33.2 Å². The summed E-state index contributed by atoms with van der Waals surface area (Å²) in [4.78, 5) is 4.01. The molecule has 0 unspecified atom stereocenters. The van der Waals surface area contributed by atoms with Crippen molar-refractivity contribution in [3.8, 4) is 5.75 Å². The van der Waals surface area contributed by atoms with Crippen LogP contribution in [0.15, 0.2) is 41.1 Å². The Morgan fingerprint density at radius 2 is 2.14 bits per heavy atom. The monoisotopic (exact) mass is 352 g/mol. The number of aromatic nitrogens is 1. The van der Waals surface area contributed by atoms with Crippen molar-refractivity contribution in [3.63, 3.8) is 0 Å². The molecule has 3 nitrogen and oxygen atoms in total. The fourth-order valence-corrected chi connectivity index (χ4v) is 2.23. The van der Waals surface area contributed by atoms with E-state index in [1.165, 1.54) is 6.07 Å². The smallest absolute Gasteiger partial charge is 0.139 e. The third-order valence-electron chi connectivity index (χ3n) is 2.94. The number of hydrogen-bond donors (Lipinski definition) is 1. The minimum atomic E-state index is -0.253. The Bertz CT molecular complexity index is 592. The number of ether oxygens (including phenoxy) is 1. The molecule has 2 rings (SSSR count). The lowest BCUT2D eigenvalue weighted by Gasteiger charge is -2.09. The van der Waals surface area contributed by atoms with Crippen LogP contribution in [0.1, 0.15) is 24.5 Å². The van der Waals surface area contributed by atoms with E-state index in [9.17, 15) is 4.39 Å². The molecule has 0 aliphatic rings. The van der Waals surface area contributed by atoms with Crippen molar-refractivity contribution in [1.29, 1.82) is 0 Å². The summed E-state index contributed by atoms with van der Waals surface area (Å²) in [7, 11) is 0. The first kappa shape index (κ1) is 15.9. The van der Waals surface area contributed by atoms with Gasteiger partial charge in [0.25, 0.3) is 0 Å². The minimum Gasteiger partial charge on any atom is -0.487 e. The van der Waals surface area contributed by atoms with Crippen molar-refractivity contribution >= 4 is 15.9 Å². The third kappa shape index (κ3) is 5.10. The average Bonchev–Trinajstić information content (AvgIpc) is 2.48.